The Balaban J connectivity index is 2.37. The summed E-state index contributed by atoms with van der Waals surface area (Å²) in [6, 6.07) is 0. The van der Waals surface area contributed by atoms with Crippen molar-refractivity contribution >= 4 is 13.2 Å². The van der Waals surface area contributed by atoms with Crippen LogP contribution < -0.4 is 0 Å². The maximum Gasteiger partial charge on any atom is 0.248 e. The molecule has 0 bridgehead atoms. The Bertz CT molecular complexity index is 301. The predicted molar refractivity (Wildman–Crippen MR) is 57.3 cm³/mol. The predicted octanol–water partition coefficient (Wildman–Crippen LogP) is 2.94. The third-order valence-corrected chi connectivity index (χ3v) is 3.44. The molecule has 6 heteroatoms. The average Bonchev–Trinajstić information content (AvgIpc) is 2.13. The summed E-state index contributed by atoms with van der Waals surface area (Å²) in [4.78, 5) is 11.6. The Kier molecular flexibility index (Phi) is 4.24. The molecular weight excluding hydrogens is 237 g/mol. The number of carbonyl (C=O) groups excluding carboxylic acids is 1. The quantitative estimate of drug-likeness (QED) is 0.724. The molecule has 0 heterocycles. The highest BCUT2D eigenvalue weighted by molar-refractivity contribution is 7.57. The Labute approximate surface area is 94.0 Å². The fourth-order valence-corrected chi connectivity index (χ4v) is 2.14. The SMILES string of the molecule is CP(C)(=O)OCC(=O)C1CCC(F)(F)CC1. The third kappa shape index (κ3) is 4.71. The second-order valence-corrected chi connectivity index (χ2v) is 7.38. The molecule has 1 saturated carbocycles. The smallest absolute Gasteiger partial charge is 0.248 e. The second kappa shape index (κ2) is 4.92. The zero-order valence-corrected chi connectivity index (χ0v) is 10.4. The monoisotopic (exact) mass is 254 g/mol. The molecule has 0 aromatic heterocycles. The summed E-state index contributed by atoms with van der Waals surface area (Å²) in [5, 5.41) is 0. The molecular formula is C10H17F2O3P. The summed E-state index contributed by atoms with van der Waals surface area (Å²) in [7, 11) is -2.67. The van der Waals surface area contributed by atoms with E-state index in [2.05, 4.69) is 0 Å². The van der Waals surface area contributed by atoms with Crippen LogP contribution in [0.1, 0.15) is 25.7 Å². The van der Waals surface area contributed by atoms with Gasteiger partial charge < -0.3 is 4.52 Å². The van der Waals surface area contributed by atoms with Crippen LogP contribution in [0.5, 0.6) is 0 Å². The molecule has 0 unspecified atom stereocenters. The van der Waals surface area contributed by atoms with Crippen molar-refractivity contribution in [3.63, 3.8) is 0 Å². The minimum Gasteiger partial charge on any atom is -0.321 e. The second-order valence-electron chi connectivity index (χ2n) is 4.62. The lowest BCUT2D eigenvalue weighted by Crippen LogP contribution is -2.30. The van der Waals surface area contributed by atoms with E-state index in [9.17, 15) is 18.1 Å². The number of hydrogen-bond donors (Lipinski definition) is 0. The van der Waals surface area contributed by atoms with Gasteiger partial charge in [-0.1, -0.05) is 0 Å². The van der Waals surface area contributed by atoms with Crippen molar-refractivity contribution in [3.05, 3.63) is 0 Å². The summed E-state index contributed by atoms with van der Waals surface area (Å²) in [5.41, 5.74) is 0. The first kappa shape index (κ1) is 13.8. The Hall–Kier alpha value is -0.280. The van der Waals surface area contributed by atoms with Crippen molar-refractivity contribution in [1.29, 1.82) is 0 Å². The molecule has 1 aliphatic rings. The molecule has 0 radical (unpaired) electrons. The molecule has 0 atom stereocenters. The summed E-state index contributed by atoms with van der Waals surface area (Å²) < 4.78 is 41.8. The van der Waals surface area contributed by atoms with E-state index in [1.54, 1.807) is 0 Å². The average molecular weight is 254 g/mol. The van der Waals surface area contributed by atoms with Gasteiger partial charge in [0, 0.05) is 32.1 Å². The molecule has 0 aromatic carbocycles. The number of Topliss-reactive ketones (excluding diaryl/α,β-unsaturated/α-hetero) is 1. The van der Waals surface area contributed by atoms with Crippen LogP contribution in [0.3, 0.4) is 0 Å². The summed E-state index contributed by atoms with van der Waals surface area (Å²) in [5.74, 6) is -3.19. The first-order valence-electron chi connectivity index (χ1n) is 5.30. The maximum atomic E-state index is 12.8. The standard InChI is InChI=1S/C10H17F2O3P/c1-16(2,14)15-7-9(13)8-3-5-10(11,12)6-4-8/h8H,3-7H2,1-2H3. The van der Waals surface area contributed by atoms with Gasteiger partial charge in [0.2, 0.25) is 5.92 Å². The van der Waals surface area contributed by atoms with Crippen LogP contribution in [0, 0.1) is 5.92 Å². The molecule has 0 aromatic rings. The highest BCUT2D eigenvalue weighted by atomic mass is 31.2. The van der Waals surface area contributed by atoms with E-state index in [1.807, 2.05) is 0 Å². The first-order valence-corrected chi connectivity index (χ1v) is 7.82. The maximum absolute atomic E-state index is 12.8. The third-order valence-electron chi connectivity index (χ3n) is 2.69. The zero-order valence-electron chi connectivity index (χ0n) is 9.54. The summed E-state index contributed by atoms with van der Waals surface area (Å²) in [6.07, 6.45) is -0.0710. The van der Waals surface area contributed by atoms with Crippen molar-refractivity contribution in [2.45, 2.75) is 31.6 Å². The summed E-state index contributed by atoms with van der Waals surface area (Å²) in [6.45, 7) is 2.63. The molecule has 3 nitrogen and oxygen atoms in total. The van der Waals surface area contributed by atoms with E-state index in [0.717, 1.165) is 0 Å². The molecule has 1 aliphatic carbocycles. The van der Waals surface area contributed by atoms with Gasteiger partial charge in [0.15, 0.2) is 13.2 Å². The molecule has 1 rings (SSSR count). The number of ketones is 1. The molecule has 1 fully saturated rings. The normalized spacial score (nSPS) is 22.0. The number of halogens is 2. The topological polar surface area (TPSA) is 43.4 Å². The van der Waals surface area contributed by atoms with E-state index in [4.69, 9.17) is 4.52 Å². The highest BCUT2D eigenvalue weighted by Crippen LogP contribution is 2.39. The first-order chi connectivity index (χ1) is 7.20. The van der Waals surface area contributed by atoms with Crippen molar-refractivity contribution < 1.29 is 22.7 Å². The van der Waals surface area contributed by atoms with Crippen molar-refractivity contribution in [3.8, 4) is 0 Å². The minimum absolute atomic E-state index is 0.201. The Morgan fingerprint density at radius 1 is 1.38 bits per heavy atom. The molecule has 0 saturated heterocycles. The van der Waals surface area contributed by atoms with Crippen LogP contribution in [0.15, 0.2) is 0 Å². The van der Waals surface area contributed by atoms with Crippen LogP contribution in [0.4, 0.5) is 8.78 Å². The molecule has 16 heavy (non-hydrogen) atoms. The lowest BCUT2D eigenvalue weighted by molar-refractivity contribution is -0.129. The van der Waals surface area contributed by atoms with Crippen LogP contribution in [-0.2, 0) is 13.9 Å². The van der Waals surface area contributed by atoms with Crippen LogP contribution in [-0.4, -0.2) is 31.6 Å². The zero-order chi connectivity index (χ0) is 12.4. The molecule has 94 valence electrons. The van der Waals surface area contributed by atoms with Gasteiger partial charge >= 0.3 is 0 Å². The number of alkyl halides is 2. The van der Waals surface area contributed by atoms with E-state index in [0.29, 0.717) is 0 Å². The van der Waals surface area contributed by atoms with Gasteiger partial charge in [-0.3, -0.25) is 9.36 Å². The van der Waals surface area contributed by atoms with Gasteiger partial charge in [-0.25, -0.2) is 8.78 Å². The van der Waals surface area contributed by atoms with Gasteiger partial charge in [0.05, 0.1) is 0 Å². The van der Waals surface area contributed by atoms with E-state index < -0.39 is 13.3 Å². The van der Waals surface area contributed by atoms with Gasteiger partial charge in [-0.15, -0.1) is 0 Å². The highest BCUT2D eigenvalue weighted by Gasteiger charge is 2.37. The van der Waals surface area contributed by atoms with Gasteiger partial charge in [0.1, 0.15) is 6.61 Å². The van der Waals surface area contributed by atoms with Crippen LogP contribution >= 0.6 is 7.37 Å². The van der Waals surface area contributed by atoms with E-state index in [1.165, 1.54) is 13.3 Å². The fraction of sp³-hybridized carbons (Fsp3) is 0.900. The minimum atomic E-state index is -2.67. The van der Waals surface area contributed by atoms with Crippen molar-refractivity contribution in [2.24, 2.45) is 5.92 Å². The lowest BCUT2D eigenvalue weighted by Gasteiger charge is -2.27. The number of carbonyl (C=O) groups is 1. The molecule has 0 aliphatic heterocycles. The van der Waals surface area contributed by atoms with Crippen LogP contribution in [0.2, 0.25) is 0 Å². The molecule has 0 amide bonds. The van der Waals surface area contributed by atoms with Crippen LogP contribution in [0.25, 0.3) is 0 Å². The van der Waals surface area contributed by atoms with E-state index >= 15 is 0 Å². The summed E-state index contributed by atoms with van der Waals surface area (Å²) >= 11 is 0. The molecule has 0 N–H and O–H groups in total. The number of rotatable bonds is 4. The van der Waals surface area contributed by atoms with Gasteiger partial charge in [-0.05, 0) is 12.8 Å². The fourth-order valence-electron chi connectivity index (χ4n) is 1.70. The number of hydrogen-bond acceptors (Lipinski definition) is 3. The lowest BCUT2D eigenvalue weighted by atomic mass is 9.84. The Morgan fingerprint density at radius 3 is 2.31 bits per heavy atom. The molecule has 0 spiro atoms. The Morgan fingerprint density at radius 2 is 1.88 bits per heavy atom. The van der Waals surface area contributed by atoms with Gasteiger partial charge in [-0.2, -0.15) is 0 Å². The van der Waals surface area contributed by atoms with Crippen molar-refractivity contribution in [2.75, 3.05) is 19.9 Å². The van der Waals surface area contributed by atoms with E-state index in [-0.39, 0.29) is 44.0 Å². The largest absolute Gasteiger partial charge is 0.321 e. The van der Waals surface area contributed by atoms with Gasteiger partial charge in [0.25, 0.3) is 0 Å². The van der Waals surface area contributed by atoms with Crippen molar-refractivity contribution in [1.82, 2.24) is 0 Å².